The van der Waals surface area contributed by atoms with Crippen LogP contribution in [-0.2, 0) is 0 Å². The molecule has 1 saturated heterocycles. The molecule has 1 fully saturated rings. The highest BCUT2D eigenvalue weighted by atomic mass is 15.2. The molecule has 0 amide bonds. The maximum atomic E-state index is 3.33. The molecule has 0 spiro atoms. The largest absolute Gasteiger partial charge is 0.318 e. The first kappa shape index (κ1) is 13.9. The van der Waals surface area contributed by atoms with Gasteiger partial charge in [-0.2, -0.15) is 0 Å². The van der Waals surface area contributed by atoms with Gasteiger partial charge < -0.3 is 10.2 Å². The highest BCUT2D eigenvalue weighted by molar-refractivity contribution is 4.83. The Morgan fingerprint density at radius 2 is 1.88 bits per heavy atom. The third-order valence-corrected chi connectivity index (χ3v) is 3.97. The summed E-state index contributed by atoms with van der Waals surface area (Å²) < 4.78 is 0. The van der Waals surface area contributed by atoms with E-state index >= 15 is 0 Å². The van der Waals surface area contributed by atoms with Gasteiger partial charge in [0.15, 0.2) is 0 Å². The predicted octanol–water partition coefficient (Wildman–Crippen LogP) is 1.26. The van der Waals surface area contributed by atoms with Gasteiger partial charge in [0, 0.05) is 18.6 Å². The van der Waals surface area contributed by atoms with Crippen molar-refractivity contribution in [1.82, 2.24) is 15.1 Å². The highest BCUT2D eigenvalue weighted by Crippen LogP contribution is 2.19. The molecule has 0 aromatic heterocycles. The Morgan fingerprint density at radius 3 is 2.31 bits per heavy atom. The minimum Gasteiger partial charge on any atom is -0.318 e. The van der Waals surface area contributed by atoms with E-state index in [4.69, 9.17) is 0 Å². The zero-order valence-corrected chi connectivity index (χ0v) is 11.7. The van der Waals surface area contributed by atoms with E-state index in [1.165, 1.54) is 25.9 Å². The number of likely N-dealkylation sites (N-methyl/N-ethyl adjacent to an activating group) is 2. The van der Waals surface area contributed by atoms with Crippen molar-refractivity contribution in [2.45, 2.75) is 38.8 Å². The molecule has 3 nitrogen and oxygen atoms in total. The van der Waals surface area contributed by atoms with Crippen LogP contribution in [0.3, 0.4) is 0 Å². The van der Waals surface area contributed by atoms with Crippen molar-refractivity contribution in [3.63, 3.8) is 0 Å². The maximum Gasteiger partial charge on any atom is 0.0243 e. The Balaban J connectivity index is 2.49. The second-order valence-corrected chi connectivity index (χ2v) is 5.57. The van der Waals surface area contributed by atoms with Crippen molar-refractivity contribution in [2.24, 2.45) is 5.92 Å². The van der Waals surface area contributed by atoms with E-state index in [2.05, 4.69) is 50.1 Å². The lowest BCUT2D eigenvalue weighted by Gasteiger charge is -2.41. The van der Waals surface area contributed by atoms with Gasteiger partial charge in [0.1, 0.15) is 0 Å². The second-order valence-electron chi connectivity index (χ2n) is 5.57. The average molecular weight is 227 g/mol. The fraction of sp³-hybridized carbons (Fsp3) is 1.00. The van der Waals surface area contributed by atoms with Gasteiger partial charge in [-0.25, -0.2) is 0 Å². The number of nitrogens with zero attached hydrogens (tertiary/aromatic N) is 2. The Labute approximate surface area is 101 Å². The number of nitrogens with one attached hydrogen (secondary N) is 1. The fourth-order valence-corrected chi connectivity index (χ4v) is 2.73. The van der Waals surface area contributed by atoms with Gasteiger partial charge in [0.25, 0.3) is 0 Å². The van der Waals surface area contributed by atoms with Crippen LogP contribution < -0.4 is 5.32 Å². The molecule has 1 aliphatic rings. The van der Waals surface area contributed by atoms with Crippen LogP contribution >= 0.6 is 0 Å². The van der Waals surface area contributed by atoms with Gasteiger partial charge in [0.2, 0.25) is 0 Å². The van der Waals surface area contributed by atoms with Crippen molar-refractivity contribution >= 4 is 0 Å². The molecule has 0 bridgehead atoms. The molecular weight excluding hydrogens is 198 g/mol. The van der Waals surface area contributed by atoms with Crippen molar-refractivity contribution in [2.75, 3.05) is 40.8 Å². The Kier molecular flexibility index (Phi) is 5.73. The first-order valence-electron chi connectivity index (χ1n) is 6.61. The zero-order valence-electron chi connectivity index (χ0n) is 11.7. The molecule has 3 heteroatoms. The Bertz CT molecular complexity index is 186. The zero-order chi connectivity index (χ0) is 12.1. The predicted molar refractivity (Wildman–Crippen MR) is 70.8 cm³/mol. The van der Waals surface area contributed by atoms with Crippen LogP contribution in [0, 0.1) is 5.92 Å². The first-order valence-corrected chi connectivity index (χ1v) is 6.61. The van der Waals surface area contributed by atoms with Crippen LogP contribution in [0.1, 0.15) is 26.7 Å². The minimum absolute atomic E-state index is 0.665. The molecule has 1 atom stereocenters. The minimum atomic E-state index is 0.665. The highest BCUT2D eigenvalue weighted by Gasteiger charge is 2.27. The molecule has 0 aliphatic carbocycles. The summed E-state index contributed by atoms with van der Waals surface area (Å²) in [5.74, 6) is 0.720. The van der Waals surface area contributed by atoms with Crippen molar-refractivity contribution in [3.05, 3.63) is 0 Å². The monoisotopic (exact) mass is 227 g/mol. The Hall–Kier alpha value is -0.120. The molecular formula is C13H29N3. The average Bonchev–Trinajstić information content (AvgIpc) is 2.25. The lowest BCUT2D eigenvalue weighted by Crippen LogP contribution is -2.51. The van der Waals surface area contributed by atoms with Crippen LogP contribution in [0.4, 0.5) is 0 Å². The molecule has 96 valence electrons. The number of piperidine rings is 1. The van der Waals surface area contributed by atoms with Crippen LogP contribution in [0.5, 0.6) is 0 Å². The van der Waals surface area contributed by atoms with Crippen LogP contribution in [-0.4, -0.2) is 62.7 Å². The molecule has 1 heterocycles. The van der Waals surface area contributed by atoms with Gasteiger partial charge in [-0.05, 0) is 53.0 Å². The molecule has 0 aromatic rings. The molecule has 0 radical (unpaired) electrons. The summed E-state index contributed by atoms with van der Waals surface area (Å²) in [6, 6.07) is 1.44. The summed E-state index contributed by atoms with van der Waals surface area (Å²) in [6.45, 7) is 8.25. The lowest BCUT2D eigenvalue weighted by molar-refractivity contribution is 0.0859. The van der Waals surface area contributed by atoms with Crippen molar-refractivity contribution in [3.8, 4) is 0 Å². The summed E-state index contributed by atoms with van der Waals surface area (Å²) in [5, 5.41) is 3.33. The summed E-state index contributed by atoms with van der Waals surface area (Å²) in [6.07, 6.45) is 2.64. The molecule has 16 heavy (non-hydrogen) atoms. The van der Waals surface area contributed by atoms with Gasteiger partial charge in [-0.15, -0.1) is 0 Å². The van der Waals surface area contributed by atoms with E-state index in [0.717, 1.165) is 18.5 Å². The summed E-state index contributed by atoms with van der Waals surface area (Å²) in [7, 11) is 6.58. The molecule has 1 rings (SSSR count). The van der Waals surface area contributed by atoms with Gasteiger partial charge in [-0.1, -0.05) is 13.8 Å². The second kappa shape index (κ2) is 6.58. The third kappa shape index (κ3) is 3.72. The SMILES string of the molecule is CNCC(C(C)C)N(C)C1CCN(C)CC1. The molecule has 1 aliphatic heterocycles. The molecule has 0 aromatic carbocycles. The number of likely N-dealkylation sites (tertiary alicyclic amines) is 1. The van der Waals surface area contributed by atoms with Crippen LogP contribution in [0.2, 0.25) is 0 Å². The van der Waals surface area contributed by atoms with Gasteiger partial charge >= 0.3 is 0 Å². The van der Waals surface area contributed by atoms with E-state index in [9.17, 15) is 0 Å². The lowest BCUT2D eigenvalue weighted by atomic mass is 9.97. The number of hydrogen-bond donors (Lipinski definition) is 1. The normalized spacial score (nSPS) is 21.9. The van der Waals surface area contributed by atoms with Gasteiger partial charge in [-0.3, -0.25) is 4.90 Å². The van der Waals surface area contributed by atoms with E-state index in [0.29, 0.717) is 6.04 Å². The molecule has 1 unspecified atom stereocenters. The number of rotatable bonds is 5. The quantitative estimate of drug-likeness (QED) is 0.763. The maximum absolute atomic E-state index is 3.33. The summed E-state index contributed by atoms with van der Waals surface area (Å²) in [4.78, 5) is 5.04. The van der Waals surface area contributed by atoms with Crippen molar-refractivity contribution in [1.29, 1.82) is 0 Å². The summed E-state index contributed by atoms with van der Waals surface area (Å²) >= 11 is 0. The standard InChI is InChI=1S/C13H29N3/c1-11(2)13(10-14-3)16(5)12-6-8-15(4)9-7-12/h11-14H,6-10H2,1-5H3. The fourth-order valence-electron chi connectivity index (χ4n) is 2.73. The molecule has 1 N–H and O–H groups in total. The smallest absolute Gasteiger partial charge is 0.0243 e. The van der Waals surface area contributed by atoms with E-state index in [1.54, 1.807) is 0 Å². The van der Waals surface area contributed by atoms with Gasteiger partial charge in [0.05, 0.1) is 0 Å². The topological polar surface area (TPSA) is 18.5 Å². The van der Waals surface area contributed by atoms with Crippen LogP contribution in [0.15, 0.2) is 0 Å². The van der Waals surface area contributed by atoms with E-state index in [1.807, 2.05) is 0 Å². The van der Waals surface area contributed by atoms with Crippen molar-refractivity contribution < 1.29 is 0 Å². The Morgan fingerprint density at radius 1 is 1.31 bits per heavy atom. The van der Waals surface area contributed by atoms with E-state index in [-0.39, 0.29) is 0 Å². The first-order chi connectivity index (χ1) is 7.56. The van der Waals surface area contributed by atoms with E-state index < -0.39 is 0 Å². The summed E-state index contributed by atoms with van der Waals surface area (Å²) in [5.41, 5.74) is 0. The molecule has 0 saturated carbocycles. The van der Waals surface area contributed by atoms with Crippen LogP contribution in [0.25, 0.3) is 0 Å². The number of hydrogen-bond acceptors (Lipinski definition) is 3. The third-order valence-electron chi connectivity index (χ3n) is 3.97.